The number of hydrogen-bond donors (Lipinski definition) is 0. The van der Waals surface area contributed by atoms with Crippen LogP contribution in [0.1, 0.15) is 5.56 Å². The zero-order chi connectivity index (χ0) is 18.9. The fourth-order valence-electron chi connectivity index (χ4n) is 2.67. The number of alkyl halides is 3. The van der Waals surface area contributed by atoms with Crippen LogP contribution in [0.5, 0.6) is 5.75 Å². The van der Waals surface area contributed by atoms with Crippen molar-refractivity contribution < 1.29 is 26.7 Å². The Balaban J connectivity index is 2.03. The summed E-state index contributed by atoms with van der Waals surface area (Å²) in [6, 6.07) is 11.8. The highest BCUT2D eigenvalue weighted by Gasteiger charge is 2.38. The second kappa shape index (κ2) is 6.78. The summed E-state index contributed by atoms with van der Waals surface area (Å²) in [6.07, 6.45) is -3.49. The Morgan fingerprint density at radius 3 is 2.19 bits per heavy atom. The number of benzene rings is 3. The first-order valence-corrected chi connectivity index (χ1v) is 7.64. The van der Waals surface area contributed by atoms with Gasteiger partial charge in [0.15, 0.2) is 0 Å². The van der Waals surface area contributed by atoms with Gasteiger partial charge >= 0.3 is 6.18 Å². The standard InChI is InChI=1S/C20H13F5O/c1-2-9-26-15-6-3-12(4-7-15)13-5-8-16-14(10-13)11-17(21)18(19(16)22)20(23,24)25/h2-8,10-11H,1,9H2. The van der Waals surface area contributed by atoms with Gasteiger partial charge in [-0.2, -0.15) is 13.2 Å². The molecule has 0 saturated carbocycles. The summed E-state index contributed by atoms with van der Waals surface area (Å²) in [4.78, 5) is 0. The molecule has 0 amide bonds. The van der Waals surface area contributed by atoms with Crippen LogP contribution in [0.2, 0.25) is 0 Å². The molecule has 134 valence electrons. The van der Waals surface area contributed by atoms with Crippen molar-refractivity contribution in [1.82, 2.24) is 0 Å². The molecule has 0 unspecified atom stereocenters. The van der Waals surface area contributed by atoms with Gasteiger partial charge in [0.25, 0.3) is 0 Å². The number of ether oxygens (including phenoxy) is 1. The van der Waals surface area contributed by atoms with E-state index in [2.05, 4.69) is 6.58 Å². The van der Waals surface area contributed by atoms with Gasteiger partial charge in [-0.25, -0.2) is 8.78 Å². The fourth-order valence-corrected chi connectivity index (χ4v) is 2.67. The number of fused-ring (bicyclic) bond motifs is 1. The molecule has 0 aromatic heterocycles. The molecule has 1 nitrogen and oxygen atoms in total. The van der Waals surface area contributed by atoms with Crippen molar-refractivity contribution in [2.45, 2.75) is 6.18 Å². The van der Waals surface area contributed by atoms with Gasteiger partial charge in [0.1, 0.15) is 29.6 Å². The van der Waals surface area contributed by atoms with E-state index in [0.29, 0.717) is 24.0 Å². The van der Waals surface area contributed by atoms with Crippen molar-refractivity contribution in [2.75, 3.05) is 6.61 Å². The molecule has 0 aliphatic rings. The van der Waals surface area contributed by atoms with Crippen LogP contribution >= 0.6 is 0 Å². The van der Waals surface area contributed by atoms with Gasteiger partial charge in [0.2, 0.25) is 0 Å². The molecule has 26 heavy (non-hydrogen) atoms. The van der Waals surface area contributed by atoms with Gasteiger partial charge in [-0.1, -0.05) is 36.9 Å². The third kappa shape index (κ3) is 3.40. The molecule has 3 rings (SSSR count). The maximum atomic E-state index is 14.1. The normalized spacial score (nSPS) is 11.6. The minimum Gasteiger partial charge on any atom is -0.490 e. The number of halogens is 5. The molecule has 0 fully saturated rings. The van der Waals surface area contributed by atoms with E-state index < -0.39 is 23.4 Å². The Hall–Kier alpha value is -2.89. The van der Waals surface area contributed by atoms with E-state index in [-0.39, 0.29) is 10.8 Å². The highest BCUT2D eigenvalue weighted by molar-refractivity contribution is 5.88. The molecular formula is C20H13F5O. The summed E-state index contributed by atoms with van der Waals surface area (Å²) >= 11 is 0. The molecule has 0 aliphatic heterocycles. The first-order valence-electron chi connectivity index (χ1n) is 7.64. The predicted molar refractivity (Wildman–Crippen MR) is 90.0 cm³/mol. The van der Waals surface area contributed by atoms with E-state index >= 15 is 0 Å². The smallest absolute Gasteiger partial charge is 0.422 e. The van der Waals surface area contributed by atoms with Crippen molar-refractivity contribution >= 4 is 10.8 Å². The molecule has 0 radical (unpaired) electrons. The molecular weight excluding hydrogens is 351 g/mol. The molecule has 6 heteroatoms. The predicted octanol–water partition coefficient (Wildman–Crippen LogP) is 6.37. The molecule has 0 saturated heterocycles. The third-order valence-electron chi connectivity index (χ3n) is 3.87. The van der Waals surface area contributed by atoms with Gasteiger partial charge in [0, 0.05) is 5.39 Å². The van der Waals surface area contributed by atoms with Crippen LogP contribution in [0.15, 0.2) is 61.2 Å². The van der Waals surface area contributed by atoms with Crippen LogP contribution in [-0.2, 0) is 6.18 Å². The summed E-state index contributed by atoms with van der Waals surface area (Å²) < 4.78 is 71.7. The molecule has 0 bridgehead atoms. The lowest BCUT2D eigenvalue weighted by atomic mass is 9.99. The van der Waals surface area contributed by atoms with E-state index in [0.717, 1.165) is 5.56 Å². The van der Waals surface area contributed by atoms with Gasteiger partial charge < -0.3 is 4.74 Å². The first-order chi connectivity index (χ1) is 12.3. The van der Waals surface area contributed by atoms with E-state index in [1.165, 1.54) is 18.2 Å². The van der Waals surface area contributed by atoms with Crippen LogP contribution in [0.4, 0.5) is 22.0 Å². The second-order valence-electron chi connectivity index (χ2n) is 5.61. The van der Waals surface area contributed by atoms with Crippen molar-refractivity contribution in [3.63, 3.8) is 0 Å². The van der Waals surface area contributed by atoms with E-state index in [1.54, 1.807) is 30.3 Å². The molecule has 0 atom stereocenters. The second-order valence-corrected chi connectivity index (χ2v) is 5.61. The third-order valence-corrected chi connectivity index (χ3v) is 3.87. The highest BCUT2D eigenvalue weighted by atomic mass is 19.4. The topological polar surface area (TPSA) is 9.23 Å². The Labute approximate surface area is 146 Å². The Kier molecular flexibility index (Phi) is 4.68. The van der Waals surface area contributed by atoms with E-state index in [1.807, 2.05) is 0 Å². The summed E-state index contributed by atoms with van der Waals surface area (Å²) in [5.74, 6) is -2.61. The highest BCUT2D eigenvalue weighted by Crippen LogP contribution is 2.37. The van der Waals surface area contributed by atoms with Crippen molar-refractivity contribution in [3.8, 4) is 16.9 Å². The van der Waals surface area contributed by atoms with Crippen LogP contribution in [0.25, 0.3) is 21.9 Å². The summed E-state index contributed by atoms with van der Waals surface area (Å²) in [7, 11) is 0. The van der Waals surface area contributed by atoms with E-state index in [9.17, 15) is 22.0 Å². The van der Waals surface area contributed by atoms with Gasteiger partial charge in [-0.3, -0.25) is 0 Å². The minimum atomic E-state index is -5.09. The average Bonchev–Trinajstić information content (AvgIpc) is 2.58. The average molecular weight is 364 g/mol. The Morgan fingerprint density at radius 2 is 1.58 bits per heavy atom. The van der Waals surface area contributed by atoms with Gasteiger partial charge in [0.05, 0.1) is 0 Å². The maximum absolute atomic E-state index is 14.1. The van der Waals surface area contributed by atoms with Crippen LogP contribution in [0, 0.1) is 11.6 Å². The molecule has 3 aromatic rings. The summed E-state index contributed by atoms with van der Waals surface area (Å²) in [6.45, 7) is 3.91. The van der Waals surface area contributed by atoms with Crippen molar-refractivity contribution in [3.05, 3.63) is 78.4 Å². The van der Waals surface area contributed by atoms with Crippen molar-refractivity contribution in [2.24, 2.45) is 0 Å². The van der Waals surface area contributed by atoms with Crippen LogP contribution in [-0.4, -0.2) is 6.61 Å². The Morgan fingerprint density at radius 1 is 0.923 bits per heavy atom. The first kappa shape index (κ1) is 17.9. The lowest BCUT2D eigenvalue weighted by Crippen LogP contribution is -2.11. The fraction of sp³-hybridized carbons (Fsp3) is 0.100. The quantitative estimate of drug-likeness (QED) is 0.386. The van der Waals surface area contributed by atoms with Gasteiger partial charge in [-0.05, 0) is 40.8 Å². The van der Waals surface area contributed by atoms with Gasteiger partial charge in [-0.15, -0.1) is 0 Å². The number of hydrogen-bond acceptors (Lipinski definition) is 1. The van der Waals surface area contributed by atoms with E-state index in [4.69, 9.17) is 4.74 Å². The Bertz CT molecular complexity index is 959. The molecule has 0 aliphatic carbocycles. The summed E-state index contributed by atoms with van der Waals surface area (Å²) in [5.41, 5.74) is -0.522. The lowest BCUT2D eigenvalue weighted by molar-refractivity contribution is -0.142. The maximum Gasteiger partial charge on any atom is 0.422 e. The zero-order valence-electron chi connectivity index (χ0n) is 13.4. The molecule has 0 spiro atoms. The largest absolute Gasteiger partial charge is 0.490 e. The number of rotatable bonds is 4. The molecule has 3 aromatic carbocycles. The molecule has 0 N–H and O–H groups in total. The zero-order valence-corrected chi connectivity index (χ0v) is 13.4. The van der Waals surface area contributed by atoms with Crippen LogP contribution in [0.3, 0.4) is 0 Å². The van der Waals surface area contributed by atoms with Crippen LogP contribution < -0.4 is 4.74 Å². The minimum absolute atomic E-state index is 0.0532. The van der Waals surface area contributed by atoms with Crippen molar-refractivity contribution in [1.29, 1.82) is 0 Å². The summed E-state index contributed by atoms with van der Waals surface area (Å²) in [5, 5.41) is -0.231. The monoisotopic (exact) mass is 364 g/mol. The SMILES string of the molecule is C=CCOc1ccc(-c2ccc3c(F)c(C(F)(F)F)c(F)cc3c2)cc1. The molecule has 0 heterocycles. The lowest BCUT2D eigenvalue weighted by Gasteiger charge is -2.12.